The van der Waals surface area contributed by atoms with Crippen molar-refractivity contribution in [3.8, 4) is 11.5 Å². The van der Waals surface area contributed by atoms with Gasteiger partial charge >= 0.3 is 17.9 Å². The molecule has 0 amide bonds. The van der Waals surface area contributed by atoms with Crippen molar-refractivity contribution >= 4 is 17.9 Å². The summed E-state index contributed by atoms with van der Waals surface area (Å²) >= 11 is 0. The van der Waals surface area contributed by atoms with Crippen LogP contribution in [0.15, 0.2) is 36.4 Å². The molecule has 0 aromatic heterocycles. The predicted octanol–water partition coefficient (Wildman–Crippen LogP) is 2.13. The van der Waals surface area contributed by atoms with E-state index >= 15 is 0 Å². The Labute approximate surface area is 139 Å². The van der Waals surface area contributed by atoms with Gasteiger partial charge in [0.25, 0.3) is 0 Å². The summed E-state index contributed by atoms with van der Waals surface area (Å²) in [7, 11) is 0. The Morgan fingerprint density at radius 3 is 2.38 bits per heavy atom. The fourth-order valence-electron chi connectivity index (χ4n) is 1.64. The molecule has 7 nitrogen and oxygen atoms in total. The number of phenolic OH excluding ortho intramolecular Hbond substituents is 1. The highest BCUT2D eigenvalue weighted by Gasteiger charge is 2.08. The number of phenols is 1. The summed E-state index contributed by atoms with van der Waals surface area (Å²) in [6.07, 6.45) is 3.04. The van der Waals surface area contributed by atoms with E-state index in [0.717, 1.165) is 12.2 Å². The highest BCUT2D eigenvalue weighted by atomic mass is 16.5. The molecule has 0 aliphatic heterocycles. The predicted molar refractivity (Wildman–Crippen MR) is 84.3 cm³/mol. The molecule has 0 spiro atoms. The number of unbranched alkanes of at least 4 members (excludes halogenated alkanes) is 1. The third-order valence-corrected chi connectivity index (χ3v) is 2.75. The standard InChI is InChI=1S/C17H20O7/c1-2-22-15(19)10-11-16(20)23-12-6-5-9-17(21)24-14-8-4-3-7-13(14)18/h3-4,7-8,10-11,18H,2,5-6,9,12H2,1H3/b11-10+. The van der Waals surface area contributed by atoms with E-state index in [4.69, 9.17) is 9.47 Å². The van der Waals surface area contributed by atoms with Crippen LogP contribution in [0.4, 0.5) is 0 Å². The molecule has 130 valence electrons. The van der Waals surface area contributed by atoms with Crippen molar-refractivity contribution in [1.29, 1.82) is 0 Å². The van der Waals surface area contributed by atoms with Gasteiger partial charge in [-0.15, -0.1) is 0 Å². The van der Waals surface area contributed by atoms with Gasteiger partial charge in [-0.25, -0.2) is 9.59 Å². The lowest BCUT2D eigenvalue weighted by atomic mass is 10.2. The summed E-state index contributed by atoms with van der Waals surface area (Å²) in [5.74, 6) is -1.74. The number of esters is 3. The van der Waals surface area contributed by atoms with Crippen molar-refractivity contribution in [2.45, 2.75) is 26.2 Å². The van der Waals surface area contributed by atoms with Crippen molar-refractivity contribution < 1.29 is 33.7 Å². The Morgan fingerprint density at radius 1 is 1.04 bits per heavy atom. The van der Waals surface area contributed by atoms with Gasteiger partial charge in [-0.05, 0) is 31.9 Å². The molecule has 0 unspecified atom stereocenters. The molecule has 0 saturated carbocycles. The summed E-state index contributed by atoms with van der Waals surface area (Å²) < 4.78 is 14.5. The maximum Gasteiger partial charge on any atom is 0.331 e. The molecule has 7 heteroatoms. The number of hydrogen-bond donors (Lipinski definition) is 1. The minimum absolute atomic E-state index is 0.104. The summed E-state index contributed by atoms with van der Waals surface area (Å²) in [5.41, 5.74) is 0. The molecule has 1 rings (SSSR count). The molecule has 1 N–H and O–H groups in total. The van der Waals surface area contributed by atoms with Crippen LogP contribution < -0.4 is 4.74 Å². The minimum atomic E-state index is -0.653. The van der Waals surface area contributed by atoms with E-state index in [-0.39, 0.29) is 31.1 Å². The molecule has 1 aromatic carbocycles. The van der Waals surface area contributed by atoms with Crippen LogP contribution in [-0.2, 0) is 23.9 Å². The van der Waals surface area contributed by atoms with Gasteiger partial charge < -0.3 is 19.3 Å². The first-order valence-corrected chi connectivity index (χ1v) is 7.53. The third-order valence-electron chi connectivity index (χ3n) is 2.75. The molecule has 0 aliphatic rings. The molecule has 0 atom stereocenters. The number of hydrogen-bond acceptors (Lipinski definition) is 7. The first kappa shape index (κ1) is 19.2. The lowest BCUT2D eigenvalue weighted by Gasteiger charge is -2.06. The zero-order valence-electron chi connectivity index (χ0n) is 13.4. The van der Waals surface area contributed by atoms with E-state index in [0.29, 0.717) is 12.8 Å². The van der Waals surface area contributed by atoms with Crippen LogP contribution in [0.5, 0.6) is 11.5 Å². The van der Waals surface area contributed by atoms with Gasteiger partial charge in [0.05, 0.1) is 13.2 Å². The van der Waals surface area contributed by atoms with Crippen molar-refractivity contribution in [3.05, 3.63) is 36.4 Å². The number of ether oxygens (including phenoxy) is 3. The second-order valence-electron chi connectivity index (χ2n) is 4.65. The number of carbonyl (C=O) groups excluding carboxylic acids is 3. The Bertz CT molecular complexity index is 592. The van der Waals surface area contributed by atoms with E-state index in [1.807, 2.05) is 0 Å². The second-order valence-corrected chi connectivity index (χ2v) is 4.65. The molecular formula is C17H20O7. The molecule has 24 heavy (non-hydrogen) atoms. The van der Waals surface area contributed by atoms with E-state index < -0.39 is 17.9 Å². The maximum absolute atomic E-state index is 11.6. The minimum Gasteiger partial charge on any atom is -0.504 e. The highest BCUT2D eigenvalue weighted by Crippen LogP contribution is 2.24. The molecule has 0 bridgehead atoms. The van der Waals surface area contributed by atoms with Crippen LogP contribution in [0, 0.1) is 0 Å². The van der Waals surface area contributed by atoms with Crippen molar-refractivity contribution in [2.24, 2.45) is 0 Å². The number of rotatable bonds is 9. The normalized spacial score (nSPS) is 10.4. The average molecular weight is 336 g/mol. The first-order valence-electron chi connectivity index (χ1n) is 7.53. The Balaban J connectivity index is 2.15. The number of benzene rings is 1. The average Bonchev–Trinajstić information content (AvgIpc) is 2.55. The van der Waals surface area contributed by atoms with E-state index in [1.54, 1.807) is 19.1 Å². The lowest BCUT2D eigenvalue weighted by molar-refractivity contribution is -0.140. The molecule has 1 aromatic rings. The summed E-state index contributed by atoms with van der Waals surface area (Å²) in [6.45, 7) is 2.01. The lowest BCUT2D eigenvalue weighted by Crippen LogP contribution is -2.09. The number of aromatic hydroxyl groups is 1. The van der Waals surface area contributed by atoms with Crippen molar-refractivity contribution in [3.63, 3.8) is 0 Å². The van der Waals surface area contributed by atoms with Crippen LogP contribution in [0.25, 0.3) is 0 Å². The van der Waals surface area contributed by atoms with Gasteiger partial charge in [-0.1, -0.05) is 12.1 Å². The fourth-order valence-corrected chi connectivity index (χ4v) is 1.64. The highest BCUT2D eigenvalue weighted by molar-refractivity contribution is 5.91. The second kappa shape index (κ2) is 10.8. The molecule has 0 radical (unpaired) electrons. The third kappa shape index (κ3) is 7.98. The van der Waals surface area contributed by atoms with E-state index in [2.05, 4.69) is 4.74 Å². The number of carbonyl (C=O) groups is 3. The Morgan fingerprint density at radius 2 is 1.71 bits per heavy atom. The zero-order valence-corrected chi connectivity index (χ0v) is 13.4. The van der Waals surface area contributed by atoms with Crippen LogP contribution in [0.3, 0.4) is 0 Å². The SMILES string of the molecule is CCOC(=O)/C=C/C(=O)OCCCCC(=O)Oc1ccccc1O. The van der Waals surface area contributed by atoms with Gasteiger partial charge in [0.2, 0.25) is 0 Å². The number of para-hydroxylation sites is 2. The van der Waals surface area contributed by atoms with E-state index in [1.165, 1.54) is 12.1 Å². The molecular weight excluding hydrogens is 316 g/mol. The van der Waals surface area contributed by atoms with Gasteiger partial charge in [0.1, 0.15) is 0 Å². The molecule has 0 heterocycles. The van der Waals surface area contributed by atoms with Gasteiger partial charge in [-0.2, -0.15) is 0 Å². The van der Waals surface area contributed by atoms with Crippen LogP contribution in [0.1, 0.15) is 26.2 Å². The topological polar surface area (TPSA) is 99.1 Å². The molecule has 0 fully saturated rings. The maximum atomic E-state index is 11.6. The monoisotopic (exact) mass is 336 g/mol. The van der Waals surface area contributed by atoms with Gasteiger partial charge in [0.15, 0.2) is 11.5 Å². The molecule has 0 saturated heterocycles. The summed E-state index contributed by atoms with van der Waals surface area (Å²) in [4.78, 5) is 33.9. The summed E-state index contributed by atoms with van der Waals surface area (Å²) in [5, 5.41) is 9.48. The van der Waals surface area contributed by atoms with E-state index in [9.17, 15) is 19.5 Å². The van der Waals surface area contributed by atoms with Gasteiger partial charge in [0, 0.05) is 18.6 Å². The first-order chi connectivity index (χ1) is 11.5. The fraction of sp³-hybridized carbons (Fsp3) is 0.353. The largest absolute Gasteiger partial charge is 0.504 e. The smallest absolute Gasteiger partial charge is 0.331 e. The Kier molecular flexibility index (Phi) is 8.67. The van der Waals surface area contributed by atoms with Crippen molar-refractivity contribution in [2.75, 3.05) is 13.2 Å². The quantitative estimate of drug-likeness (QED) is 0.319. The molecule has 0 aliphatic carbocycles. The van der Waals surface area contributed by atoms with Crippen molar-refractivity contribution in [1.82, 2.24) is 0 Å². The zero-order chi connectivity index (χ0) is 17.8. The van der Waals surface area contributed by atoms with Crippen LogP contribution in [0.2, 0.25) is 0 Å². The van der Waals surface area contributed by atoms with Crippen LogP contribution >= 0.6 is 0 Å². The summed E-state index contributed by atoms with van der Waals surface area (Å²) in [6, 6.07) is 6.18. The van der Waals surface area contributed by atoms with Crippen LogP contribution in [-0.4, -0.2) is 36.2 Å². The Hall–Kier alpha value is -2.83. The van der Waals surface area contributed by atoms with Gasteiger partial charge in [-0.3, -0.25) is 4.79 Å².